The monoisotopic (exact) mass is 409 g/mol. The molecule has 0 aliphatic carbocycles. The number of aryl methyl sites for hydroxylation is 1. The average molecular weight is 410 g/mol. The van der Waals surface area contributed by atoms with E-state index in [1.165, 1.54) is 11.1 Å². The maximum atomic E-state index is 13.6. The molecular weight excluding hydrogens is 382 g/mol. The first-order valence-electron chi connectivity index (χ1n) is 10.8. The fourth-order valence-electron chi connectivity index (χ4n) is 4.24. The fraction of sp³-hybridized carbons (Fsp3) is 0.259. The number of piperidine rings is 1. The number of rotatable bonds is 5. The molecule has 1 aliphatic rings. The first-order chi connectivity index (χ1) is 15.1. The first kappa shape index (κ1) is 20.8. The molecule has 31 heavy (non-hydrogen) atoms. The summed E-state index contributed by atoms with van der Waals surface area (Å²) in [6, 6.07) is 27.9. The number of benzene rings is 3. The average Bonchev–Trinajstić information content (AvgIpc) is 2.82. The van der Waals surface area contributed by atoms with E-state index in [9.17, 15) is 10.1 Å². The molecule has 1 saturated heterocycles. The number of anilines is 1. The van der Waals surface area contributed by atoms with E-state index in [1.54, 1.807) is 24.3 Å². The van der Waals surface area contributed by atoms with Gasteiger partial charge in [-0.25, -0.2) is 0 Å². The lowest BCUT2D eigenvalue weighted by Gasteiger charge is -2.38. The fourth-order valence-corrected chi connectivity index (χ4v) is 4.24. The normalized spacial score (nSPS) is 14.7. The second kappa shape index (κ2) is 9.59. The number of carbonyl (C=O) groups is 1. The van der Waals surface area contributed by atoms with Crippen LogP contribution in [0.3, 0.4) is 0 Å². The zero-order valence-corrected chi connectivity index (χ0v) is 17.9. The highest BCUT2D eigenvalue weighted by Gasteiger charge is 2.30. The lowest BCUT2D eigenvalue weighted by Crippen LogP contribution is -2.47. The molecule has 0 atom stereocenters. The van der Waals surface area contributed by atoms with Crippen LogP contribution in [0.5, 0.6) is 0 Å². The Bertz CT molecular complexity index is 1060. The summed E-state index contributed by atoms with van der Waals surface area (Å²) in [6.07, 6.45) is 1.84. The third-order valence-electron chi connectivity index (χ3n) is 5.94. The van der Waals surface area contributed by atoms with Crippen molar-refractivity contribution in [2.45, 2.75) is 32.4 Å². The van der Waals surface area contributed by atoms with E-state index in [0.29, 0.717) is 11.1 Å². The highest BCUT2D eigenvalue weighted by molar-refractivity contribution is 6.06. The van der Waals surface area contributed by atoms with Crippen molar-refractivity contribution in [1.82, 2.24) is 4.90 Å². The van der Waals surface area contributed by atoms with E-state index in [2.05, 4.69) is 35.2 Å². The molecule has 3 aromatic rings. The number of nitrogens with zero attached hydrogens (tertiary/aromatic N) is 3. The first-order valence-corrected chi connectivity index (χ1v) is 10.8. The molecule has 1 amide bonds. The third kappa shape index (κ3) is 5.02. The van der Waals surface area contributed by atoms with Crippen LogP contribution in [-0.2, 0) is 6.54 Å². The van der Waals surface area contributed by atoms with Crippen LogP contribution in [0.2, 0.25) is 0 Å². The Morgan fingerprint density at radius 2 is 1.71 bits per heavy atom. The van der Waals surface area contributed by atoms with Gasteiger partial charge in [0, 0.05) is 36.9 Å². The van der Waals surface area contributed by atoms with Crippen LogP contribution in [-0.4, -0.2) is 29.9 Å². The quantitative estimate of drug-likeness (QED) is 0.583. The Balaban J connectivity index is 1.54. The van der Waals surface area contributed by atoms with Gasteiger partial charge in [-0.2, -0.15) is 5.26 Å². The Kier molecular flexibility index (Phi) is 6.45. The molecule has 3 aromatic carbocycles. The van der Waals surface area contributed by atoms with E-state index in [1.807, 2.05) is 42.2 Å². The SMILES string of the molecule is Cc1ccc(N(C(=O)c2cccc(C#N)c2)C2CCN(Cc3ccccc3)CC2)cc1. The predicted molar refractivity (Wildman–Crippen MR) is 124 cm³/mol. The van der Waals surface area contributed by atoms with Crippen molar-refractivity contribution >= 4 is 11.6 Å². The van der Waals surface area contributed by atoms with Crippen molar-refractivity contribution in [2.24, 2.45) is 0 Å². The zero-order valence-electron chi connectivity index (χ0n) is 17.9. The van der Waals surface area contributed by atoms with Crippen LogP contribution in [0.4, 0.5) is 5.69 Å². The van der Waals surface area contributed by atoms with Gasteiger partial charge in [-0.1, -0.05) is 54.1 Å². The summed E-state index contributed by atoms with van der Waals surface area (Å²) in [7, 11) is 0. The number of amides is 1. The van der Waals surface area contributed by atoms with Crippen molar-refractivity contribution in [3.05, 3.63) is 101 Å². The third-order valence-corrected chi connectivity index (χ3v) is 5.94. The van der Waals surface area contributed by atoms with Gasteiger partial charge in [-0.15, -0.1) is 0 Å². The van der Waals surface area contributed by atoms with E-state index in [0.717, 1.165) is 38.2 Å². The molecule has 1 fully saturated rings. The molecule has 4 nitrogen and oxygen atoms in total. The highest BCUT2D eigenvalue weighted by atomic mass is 16.2. The van der Waals surface area contributed by atoms with Crippen LogP contribution in [0.1, 0.15) is 39.9 Å². The molecule has 0 bridgehead atoms. The number of likely N-dealkylation sites (tertiary alicyclic amines) is 1. The van der Waals surface area contributed by atoms with Crippen molar-refractivity contribution < 1.29 is 4.79 Å². The van der Waals surface area contributed by atoms with Gasteiger partial charge in [0.25, 0.3) is 5.91 Å². The minimum Gasteiger partial charge on any atom is -0.305 e. The van der Waals surface area contributed by atoms with Gasteiger partial charge in [0.15, 0.2) is 0 Å². The van der Waals surface area contributed by atoms with Crippen LogP contribution >= 0.6 is 0 Å². The summed E-state index contributed by atoms with van der Waals surface area (Å²) in [5, 5.41) is 9.25. The van der Waals surface area contributed by atoms with Gasteiger partial charge in [0.1, 0.15) is 0 Å². The number of hydrogen-bond donors (Lipinski definition) is 0. The maximum Gasteiger partial charge on any atom is 0.258 e. The standard InChI is InChI=1S/C27H27N3O/c1-21-10-12-25(13-11-21)30(27(31)24-9-5-8-23(18-24)19-28)26-14-16-29(17-15-26)20-22-6-3-2-4-7-22/h2-13,18,26H,14-17,20H2,1H3. The Morgan fingerprint density at radius 1 is 1.00 bits per heavy atom. The Labute approximate surface area is 184 Å². The molecular formula is C27H27N3O. The van der Waals surface area contributed by atoms with Gasteiger partial charge < -0.3 is 4.90 Å². The molecule has 0 N–H and O–H groups in total. The Morgan fingerprint density at radius 3 is 2.39 bits per heavy atom. The van der Waals surface area contributed by atoms with Gasteiger partial charge in [0.05, 0.1) is 11.6 Å². The predicted octanol–water partition coefficient (Wildman–Crippen LogP) is 5.18. The number of hydrogen-bond acceptors (Lipinski definition) is 3. The maximum absolute atomic E-state index is 13.6. The van der Waals surface area contributed by atoms with Crippen molar-refractivity contribution in [2.75, 3.05) is 18.0 Å². The van der Waals surface area contributed by atoms with Crippen LogP contribution in [0, 0.1) is 18.3 Å². The molecule has 0 aromatic heterocycles. The summed E-state index contributed by atoms with van der Waals surface area (Å²) in [5.41, 5.74) is 4.47. The van der Waals surface area contributed by atoms with E-state index >= 15 is 0 Å². The topological polar surface area (TPSA) is 47.3 Å². The van der Waals surface area contributed by atoms with E-state index < -0.39 is 0 Å². The number of nitriles is 1. The minimum atomic E-state index is -0.0394. The zero-order chi connectivity index (χ0) is 21.6. The van der Waals surface area contributed by atoms with Crippen molar-refractivity contribution in [3.63, 3.8) is 0 Å². The van der Waals surface area contributed by atoms with Crippen LogP contribution in [0.15, 0.2) is 78.9 Å². The summed E-state index contributed by atoms with van der Waals surface area (Å²) in [6.45, 7) is 4.89. The van der Waals surface area contributed by atoms with E-state index in [4.69, 9.17) is 0 Å². The molecule has 0 spiro atoms. The van der Waals surface area contributed by atoms with Crippen molar-refractivity contribution in [1.29, 1.82) is 5.26 Å². The molecule has 4 rings (SSSR count). The molecule has 0 unspecified atom stereocenters. The number of carbonyl (C=O) groups excluding carboxylic acids is 1. The van der Waals surface area contributed by atoms with Crippen molar-refractivity contribution in [3.8, 4) is 6.07 Å². The molecule has 0 saturated carbocycles. The van der Waals surface area contributed by atoms with Crippen LogP contribution in [0.25, 0.3) is 0 Å². The Hall–Kier alpha value is -3.42. The van der Waals surface area contributed by atoms with E-state index in [-0.39, 0.29) is 11.9 Å². The van der Waals surface area contributed by atoms with Gasteiger partial charge >= 0.3 is 0 Å². The van der Waals surface area contributed by atoms with Gasteiger partial charge in [0.2, 0.25) is 0 Å². The largest absolute Gasteiger partial charge is 0.305 e. The highest BCUT2D eigenvalue weighted by Crippen LogP contribution is 2.27. The minimum absolute atomic E-state index is 0.0394. The summed E-state index contributed by atoms with van der Waals surface area (Å²) in [5.74, 6) is -0.0394. The smallest absolute Gasteiger partial charge is 0.258 e. The van der Waals surface area contributed by atoms with Gasteiger partial charge in [-0.05, 0) is 55.7 Å². The second-order valence-electron chi connectivity index (χ2n) is 8.20. The summed E-state index contributed by atoms with van der Waals surface area (Å²) >= 11 is 0. The lowest BCUT2D eigenvalue weighted by molar-refractivity contribution is 0.0958. The molecule has 4 heteroatoms. The summed E-state index contributed by atoms with van der Waals surface area (Å²) < 4.78 is 0. The van der Waals surface area contributed by atoms with Crippen LogP contribution < -0.4 is 4.90 Å². The molecule has 1 heterocycles. The molecule has 1 aliphatic heterocycles. The summed E-state index contributed by atoms with van der Waals surface area (Å²) in [4.78, 5) is 18.0. The second-order valence-corrected chi connectivity index (χ2v) is 8.20. The molecule has 156 valence electrons. The van der Waals surface area contributed by atoms with Gasteiger partial charge in [-0.3, -0.25) is 9.69 Å². The lowest BCUT2D eigenvalue weighted by atomic mass is 9.99. The molecule has 0 radical (unpaired) electrons.